The second-order valence-electron chi connectivity index (χ2n) is 4.78. The van der Waals surface area contributed by atoms with Crippen LogP contribution in [0.3, 0.4) is 0 Å². The molecule has 20 heavy (non-hydrogen) atoms. The van der Waals surface area contributed by atoms with Gasteiger partial charge in [-0.25, -0.2) is 0 Å². The third kappa shape index (κ3) is 2.67. The number of rotatable bonds is 4. The van der Waals surface area contributed by atoms with E-state index in [1.54, 1.807) is 0 Å². The van der Waals surface area contributed by atoms with Crippen molar-refractivity contribution in [1.82, 2.24) is 15.0 Å². The van der Waals surface area contributed by atoms with Gasteiger partial charge in [-0.2, -0.15) is 15.0 Å². The molecule has 0 saturated carbocycles. The van der Waals surface area contributed by atoms with Gasteiger partial charge in [-0.1, -0.05) is 31.2 Å². The van der Waals surface area contributed by atoms with Crippen molar-refractivity contribution in [3.63, 3.8) is 0 Å². The highest BCUT2D eigenvalue weighted by Crippen LogP contribution is 2.26. The van der Waals surface area contributed by atoms with Crippen LogP contribution < -0.4 is 10.2 Å². The van der Waals surface area contributed by atoms with Crippen molar-refractivity contribution < 1.29 is 0 Å². The number of hydrogen-bond donors (Lipinski definition) is 1. The summed E-state index contributed by atoms with van der Waals surface area (Å²) in [6.07, 6.45) is 1.01. The van der Waals surface area contributed by atoms with Crippen molar-refractivity contribution in [3.05, 3.63) is 40.7 Å². The standard InChI is InChI=1S/C14H16ClN5/c1-2-7-16-13-17-12(15)18-14(19-13)20-8-10-5-3-4-6-11(10)9-20/h3-6H,2,7-9H2,1H3,(H,16,17,18,19). The molecule has 1 N–H and O–H groups in total. The molecular weight excluding hydrogens is 274 g/mol. The van der Waals surface area contributed by atoms with Crippen LogP contribution in [-0.2, 0) is 13.1 Å². The molecule has 0 unspecified atom stereocenters. The molecule has 0 aliphatic carbocycles. The molecule has 1 aromatic carbocycles. The molecule has 0 saturated heterocycles. The van der Waals surface area contributed by atoms with E-state index in [4.69, 9.17) is 11.6 Å². The first-order valence-corrected chi connectivity index (χ1v) is 7.11. The van der Waals surface area contributed by atoms with Crippen molar-refractivity contribution in [3.8, 4) is 0 Å². The lowest BCUT2D eigenvalue weighted by Gasteiger charge is -2.16. The van der Waals surface area contributed by atoms with E-state index in [1.807, 2.05) is 0 Å². The summed E-state index contributed by atoms with van der Waals surface area (Å²) < 4.78 is 0. The van der Waals surface area contributed by atoms with Crippen LogP contribution in [0.1, 0.15) is 24.5 Å². The number of benzene rings is 1. The number of halogens is 1. The van der Waals surface area contributed by atoms with Gasteiger partial charge in [-0.05, 0) is 29.1 Å². The number of nitrogens with one attached hydrogen (secondary N) is 1. The summed E-state index contributed by atoms with van der Waals surface area (Å²) in [5, 5.41) is 3.37. The van der Waals surface area contributed by atoms with Crippen molar-refractivity contribution in [2.75, 3.05) is 16.8 Å². The van der Waals surface area contributed by atoms with Gasteiger partial charge < -0.3 is 10.2 Å². The second kappa shape index (κ2) is 5.63. The van der Waals surface area contributed by atoms with Crippen molar-refractivity contribution >= 4 is 23.5 Å². The van der Waals surface area contributed by atoms with Crippen LogP contribution in [0.25, 0.3) is 0 Å². The van der Waals surface area contributed by atoms with Crippen LogP contribution in [0, 0.1) is 0 Å². The minimum Gasteiger partial charge on any atom is -0.354 e. The van der Waals surface area contributed by atoms with Gasteiger partial charge in [0.2, 0.25) is 17.2 Å². The maximum atomic E-state index is 5.99. The third-order valence-corrected chi connectivity index (χ3v) is 3.42. The van der Waals surface area contributed by atoms with E-state index in [0.29, 0.717) is 11.9 Å². The molecule has 0 spiro atoms. The maximum Gasteiger partial charge on any atom is 0.232 e. The first-order valence-electron chi connectivity index (χ1n) is 6.73. The zero-order valence-electron chi connectivity index (χ0n) is 11.3. The number of aromatic nitrogens is 3. The Bertz CT molecular complexity index is 591. The molecule has 0 amide bonds. The lowest BCUT2D eigenvalue weighted by Crippen LogP contribution is -2.19. The van der Waals surface area contributed by atoms with Crippen molar-refractivity contribution in [2.24, 2.45) is 0 Å². The van der Waals surface area contributed by atoms with E-state index >= 15 is 0 Å². The summed E-state index contributed by atoms with van der Waals surface area (Å²) in [4.78, 5) is 14.9. The van der Waals surface area contributed by atoms with E-state index in [2.05, 4.69) is 56.4 Å². The maximum absolute atomic E-state index is 5.99. The molecular formula is C14H16ClN5. The minimum atomic E-state index is 0.226. The Hall–Kier alpha value is -1.88. The Morgan fingerprint density at radius 2 is 1.85 bits per heavy atom. The first-order chi connectivity index (χ1) is 9.76. The predicted octanol–water partition coefficient (Wildman–Crippen LogP) is 2.87. The summed E-state index contributed by atoms with van der Waals surface area (Å²) in [7, 11) is 0. The Balaban J connectivity index is 1.83. The van der Waals surface area contributed by atoms with Crippen LogP contribution >= 0.6 is 11.6 Å². The summed E-state index contributed by atoms with van der Waals surface area (Å²) in [6.45, 7) is 4.53. The molecule has 0 radical (unpaired) electrons. The molecule has 0 fully saturated rings. The van der Waals surface area contributed by atoms with E-state index in [9.17, 15) is 0 Å². The molecule has 3 rings (SSSR count). The normalized spacial score (nSPS) is 13.4. The van der Waals surface area contributed by atoms with Gasteiger partial charge in [0.1, 0.15) is 0 Å². The topological polar surface area (TPSA) is 53.9 Å². The Morgan fingerprint density at radius 3 is 2.50 bits per heavy atom. The highest BCUT2D eigenvalue weighted by Gasteiger charge is 2.21. The Morgan fingerprint density at radius 1 is 1.15 bits per heavy atom. The fraction of sp³-hybridized carbons (Fsp3) is 0.357. The van der Waals surface area contributed by atoms with Gasteiger partial charge in [0.15, 0.2) is 0 Å². The lowest BCUT2D eigenvalue weighted by molar-refractivity contribution is 0.815. The van der Waals surface area contributed by atoms with Crippen LogP contribution in [0.5, 0.6) is 0 Å². The van der Waals surface area contributed by atoms with Crippen molar-refractivity contribution in [1.29, 1.82) is 0 Å². The smallest absolute Gasteiger partial charge is 0.232 e. The molecule has 6 heteroatoms. The summed E-state index contributed by atoms with van der Waals surface area (Å²) >= 11 is 5.99. The second-order valence-corrected chi connectivity index (χ2v) is 5.12. The number of nitrogens with zero attached hydrogens (tertiary/aromatic N) is 4. The molecule has 2 aromatic rings. The molecule has 1 aliphatic rings. The van der Waals surface area contributed by atoms with E-state index in [1.165, 1.54) is 11.1 Å². The van der Waals surface area contributed by atoms with E-state index in [-0.39, 0.29) is 5.28 Å². The van der Waals surface area contributed by atoms with E-state index in [0.717, 1.165) is 26.1 Å². The average molecular weight is 290 g/mol. The predicted molar refractivity (Wildman–Crippen MR) is 79.9 cm³/mol. The quantitative estimate of drug-likeness (QED) is 0.938. The Labute approximate surface area is 123 Å². The summed E-state index contributed by atoms with van der Waals surface area (Å²) in [5.74, 6) is 1.16. The van der Waals surface area contributed by atoms with Gasteiger partial charge in [0.05, 0.1) is 0 Å². The highest BCUT2D eigenvalue weighted by atomic mass is 35.5. The number of fused-ring (bicyclic) bond motifs is 1. The molecule has 1 aromatic heterocycles. The fourth-order valence-corrected chi connectivity index (χ4v) is 2.43. The molecule has 104 valence electrons. The highest BCUT2D eigenvalue weighted by molar-refractivity contribution is 6.28. The molecule has 0 atom stereocenters. The zero-order valence-corrected chi connectivity index (χ0v) is 12.1. The third-order valence-electron chi connectivity index (χ3n) is 3.25. The SMILES string of the molecule is CCCNc1nc(Cl)nc(N2Cc3ccccc3C2)n1. The van der Waals surface area contributed by atoms with Gasteiger partial charge in [0.25, 0.3) is 0 Å². The largest absolute Gasteiger partial charge is 0.354 e. The van der Waals surface area contributed by atoms with Gasteiger partial charge in [-0.3, -0.25) is 0 Å². The van der Waals surface area contributed by atoms with Crippen LogP contribution in [-0.4, -0.2) is 21.5 Å². The molecule has 2 heterocycles. The first kappa shape index (κ1) is 13.1. The molecule has 5 nitrogen and oxygen atoms in total. The summed E-state index contributed by atoms with van der Waals surface area (Å²) in [6, 6.07) is 8.37. The molecule has 0 bridgehead atoms. The number of hydrogen-bond acceptors (Lipinski definition) is 5. The summed E-state index contributed by atoms with van der Waals surface area (Å²) in [5.41, 5.74) is 2.62. The number of anilines is 2. The monoisotopic (exact) mass is 289 g/mol. The average Bonchev–Trinajstić information content (AvgIpc) is 2.88. The van der Waals surface area contributed by atoms with Crippen LogP contribution in [0.15, 0.2) is 24.3 Å². The van der Waals surface area contributed by atoms with E-state index < -0.39 is 0 Å². The zero-order chi connectivity index (χ0) is 13.9. The van der Waals surface area contributed by atoms with Crippen molar-refractivity contribution in [2.45, 2.75) is 26.4 Å². The van der Waals surface area contributed by atoms with Gasteiger partial charge >= 0.3 is 0 Å². The van der Waals surface area contributed by atoms with Crippen LogP contribution in [0.4, 0.5) is 11.9 Å². The van der Waals surface area contributed by atoms with Crippen LogP contribution in [0.2, 0.25) is 5.28 Å². The lowest BCUT2D eigenvalue weighted by atomic mass is 10.1. The Kier molecular flexibility index (Phi) is 3.69. The fourth-order valence-electron chi connectivity index (χ4n) is 2.27. The van der Waals surface area contributed by atoms with Gasteiger partial charge in [0, 0.05) is 19.6 Å². The van der Waals surface area contributed by atoms with Gasteiger partial charge in [-0.15, -0.1) is 0 Å². The minimum absolute atomic E-state index is 0.226. The molecule has 1 aliphatic heterocycles.